The van der Waals surface area contributed by atoms with Crippen LogP contribution in [0.2, 0.25) is 0 Å². The Morgan fingerprint density at radius 1 is 1.22 bits per heavy atom. The van der Waals surface area contributed by atoms with E-state index in [4.69, 9.17) is 14.2 Å². The van der Waals surface area contributed by atoms with Crippen LogP contribution in [0.5, 0.6) is 17.2 Å². The highest BCUT2D eigenvalue weighted by atomic mass is 16.5. The van der Waals surface area contributed by atoms with Gasteiger partial charge in [-0.2, -0.15) is 0 Å². The number of carbonyl (C=O) groups is 1. The first-order valence-corrected chi connectivity index (χ1v) is 7.89. The lowest BCUT2D eigenvalue weighted by atomic mass is 10.1. The number of carbonyl (C=O) groups excluding carboxylic acids is 1. The maximum Gasteiger partial charge on any atom is 0.222 e. The predicted molar refractivity (Wildman–Crippen MR) is 88.5 cm³/mol. The maximum atomic E-state index is 12.4. The largest absolute Gasteiger partial charge is 0.493 e. The van der Waals surface area contributed by atoms with E-state index < -0.39 is 0 Å². The number of ether oxygens (including phenoxy) is 3. The van der Waals surface area contributed by atoms with E-state index in [1.54, 1.807) is 21.3 Å². The molecule has 1 amide bonds. The summed E-state index contributed by atoms with van der Waals surface area (Å²) in [6, 6.07) is 4.15. The summed E-state index contributed by atoms with van der Waals surface area (Å²) in [6.45, 7) is 4.50. The van der Waals surface area contributed by atoms with Crippen LogP contribution < -0.4 is 19.5 Å². The Bertz CT molecular complexity index is 522. The van der Waals surface area contributed by atoms with Crippen molar-refractivity contribution in [3.63, 3.8) is 0 Å². The molecule has 1 aromatic carbocycles. The molecule has 2 rings (SSSR count). The van der Waals surface area contributed by atoms with E-state index in [0.29, 0.717) is 36.1 Å². The minimum atomic E-state index is 0.187. The summed E-state index contributed by atoms with van der Waals surface area (Å²) in [4.78, 5) is 14.3. The van der Waals surface area contributed by atoms with Gasteiger partial charge in [0.1, 0.15) is 0 Å². The van der Waals surface area contributed by atoms with Gasteiger partial charge >= 0.3 is 0 Å². The number of amides is 1. The van der Waals surface area contributed by atoms with Gasteiger partial charge in [-0.15, -0.1) is 0 Å². The average molecular weight is 322 g/mol. The Balaban J connectivity index is 2.03. The van der Waals surface area contributed by atoms with Gasteiger partial charge in [0.15, 0.2) is 11.5 Å². The molecule has 0 radical (unpaired) electrons. The van der Waals surface area contributed by atoms with Gasteiger partial charge in [0.2, 0.25) is 11.7 Å². The molecule has 6 heteroatoms. The lowest BCUT2D eigenvalue weighted by Gasteiger charge is -2.32. The second-order valence-corrected chi connectivity index (χ2v) is 5.73. The summed E-state index contributed by atoms with van der Waals surface area (Å²) in [7, 11) is 4.76. The third kappa shape index (κ3) is 4.28. The minimum Gasteiger partial charge on any atom is -0.493 e. The van der Waals surface area contributed by atoms with Crippen LogP contribution in [0.3, 0.4) is 0 Å². The number of hydrogen-bond acceptors (Lipinski definition) is 5. The second kappa shape index (κ2) is 8.06. The van der Waals surface area contributed by atoms with E-state index in [-0.39, 0.29) is 5.91 Å². The van der Waals surface area contributed by atoms with Crippen molar-refractivity contribution in [2.45, 2.75) is 25.8 Å². The van der Waals surface area contributed by atoms with Crippen molar-refractivity contribution in [3.8, 4) is 17.2 Å². The summed E-state index contributed by atoms with van der Waals surface area (Å²) in [5.74, 6) is 1.99. The second-order valence-electron chi connectivity index (χ2n) is 5.73. The third-order valence-corrected chi connectivity index (χ3v) is 4.07. The van der Waals surface area contributed by atoms with Crippen molar-refractivity contribution in [1.82, 2.24) is 10.2 Å². The van der Waals surface area contributed by atoms with Crippen molar-refractivity contribution >= 4 is 5.91 Å². The molecule has 0 aliphatic carbocycles. The maximum absolute atomic E-state index is 12.4. The lowest BCUT2D eigenvalue weighted by Crippen LogP contribution is -2.51. The molecular formula is C17H26N2O4. The molecule has 1 atom stereocenters. The van der Waals surface area contributed by atoms with Crippen LogP contribution in [-0.2, 0) is 11.2 Å². The van der Waals surface area contributed by atoms with E-state index in [0.717, 1.165) is 25.2 Å². The SMILES string of the molecule is COc1cc(CCC(=O)N2CCNC(C)C2)cc(OC)c1OC. The van der Waals surface area contributed by atoms with E-state index in [1.807, 2.05) is 17.0 Å². The number of methoxy groups -OCH3 is 3. The Morgan fingerprint density at radius 3 is 2.39 bits per heavy atom. The quantitative estimate of drug-likeness (QED) is 0.859. The van der Waals surface area contributed by atoms with Crippen molar-refractivity contribution in [1.29, 1.82) is 0 Å². The molecule has 1 N–H and O–H groups in total. The van der Waals surface area contributed by atoms with E-state index in [2.05, 4.69) is 12.2 Å². The molecule has 1 aliphatic rings. The zero-order valence-corrected chi connectivity index (χ0v) is 14.3. The fourth-order valence-electron chi connectivity index (χ4n) is 2.85. The van der Waals surface area contributed by atoms with Crippen LogP contribution in [0, 0.1) is 0 Å². The number of aryl methyl sites for hydroxylation is 1. The highest BCUT2D eigenvalue weighted by Crippen LogP contribution is 2.38. The molecule has 1 unspecified atom stereocenters. The zero-order valence-electron chi connectivity index (χ0n) is 14.3. The highest BCUT2D eigenvalue weighted by molar-refractivity contribution is 5.76. The topological polar surface area (TPSA) is 60.0 Å². The number of rotatable bonds is 6. The first-order chi connectivity index (χ1) is 11.1. The van der Waals surface area contributed by atoms with Crippen molar-refractivity contribution in [3.05, 3.63) is 17.7 Å². The number of hydrogen-bond donors (Lipinski definition) is 1. The Morgan fingerprint density at radius 2 is 1.87 bits per heavy atom. The predicted octanol–water partition coefficient (Wildman–Crippen LogP) is 1.47. The molecule has 0 aromatic heterocycles. The first kappa shape index (κ1) is 17.4. The molecule has 128 valence electrons. The van der Waals surface area contributed by atoms with Gasteiger partial charge in [0, 0.05) is 32.1 Å². The number of nitrogens with zero attached hydrogens (tertiary/aromatic N) is 1. The van der Waals surface area contributed by atoms with Crippen LogP contribution in [-0.4, -0.2) is 57.8 Å². The average Bonchev–Trinajstić information content (AvgIpc) is 2.58. The Kier molecular flexibility index (Phi) is 6.10. The number of nitrogens with one attached hydrogen (secondary N) is 1. The van der Waals surface area contributed by atoms with Crippen LogP contribution in [0.15, 0.2) is 12.1 Å². The van der Waals surface area contributed by atoms with Gasteiger partial charge in [-0.25, -0.2) is 0 Å². The summed E-state index contributed by atoms with van der Waals surface area (Å²) in [5, 5.41) is 3.34. The standard InChI is InChI=1S/C17H26N2O4/c1-12-11-19(8-7-18-12)16(20)6-5-13-9-14(21-2)17(23-4)15(10-13)22-3/h9-10,12,18H,5-8,11H2,1-4H3. The van der Waals surface area contributed by atoms with Gasteiger partial charge < -0.3 is 24.4 Å². The fourth-order valence-corrected chi connectivity index (χ4v) is 2.85. The summed E-state index contributed by atoms with van der Waals surface area (Å²) in [5.41, 5.74) is 0.996. The molecule has 0 spiro atoms. The van der Waals surface area contributed by atoms with Crippen molar-refractivity contribution in [2.24, 2.45) is 0 Å². The molecule has 1 fully saturated rings. The monoisotopic (exact) mass is 322 g/mol. The van der Waals surface area contributed by atoms with Crippen molar-refractivity contribution in [2.75, 3.05) is 41.0 Å². The van der Waals surface area contributed by atoms with Crippen LogP contribution in [0.4, 0.5) is 0 Å². The molecule has 0 saturated carbocycles. The van der Waals surface area contributed by atoms with Crippen LogP contribution in [0.25, 0.3) is 0 Å². The summed E-state index contributed by atoms with van der Waals surface area (Å²) < 4.78 is 16.0. The molecule has 23 heavy (non-hydrogen) atoms. The minimum absolute atomic E-state index is 0.187. The molecule has 0 bridgehead atoms. The van der Waals surface area contributed by atoms with Crippen LogP contribution >= 0.6 is 0 Å². The van der Waals surface area contributed by atoms with E-state index in [1.165, 1.54) is 0 Å². The van der Waals surface area contributed by atoms with Gasteiger partial charge in [-0.05, 0) is 31.0 Å². The fraction of sp³-hybridized carbons (Fsp3) is 0.588. The van der Waals surface area contributed by atoms with Gasteiger partial charge in [0.05, 0.1) is 21.3 Å². The Hall–Kier alpha value is -1.95. The third-order valence-electron chi connectivity index (χ3n) is 4.07. The molecule has 1 aliphatic heterocycles. The molecule has 1 heterocycles. The highest BCUT2D eigenvalue weighted by Gasteiger charge is 2.20. The molecule has 1 saturated heterocycles. The molecular weight excluding hydrogens is 296 g/mol. The van der Waals surface area contributed by atoms with Gasteiger partial charge in [-0.1, -0.05) is 0 Å². The van der Waals surface area contributed by atoms with E-state index >= 15 is 0 Å². The van der Waals surface area contributed by atoms with Gasteiger partial charge in [-0.3, -0.25) is 4.79 Å². The summed E-state index contributed by atoms with van der Waals surface area (Å²) >= 11 is 0. The molecule has 6 nitrogen and oxygen atoms in total. The lowest BCUT2D eigenvalue weighted by molar-refractivity contribution is -0.132. The molecule has 1 aromatic rings. The first-order valence-electron chi connectivity index (χ1n) is 7.89. The van der Waals surface area contributed by atoms with Crippen molar-refractivity contribution < 1.29 is 19.0 Å². The zero-order chi connectivity index (χ0) is 16.8. The van der Waals surface area contributed by atoms with Gasteiger partial charge in [0.25, 0.3) is 0 Å². The number of benzene rings is 1. The van der Waals surface area contributed by atoms with E-state index in [9.17, 15) is 4.79 Å². The normalized spacial score (nSPS) is 17.7. The summed E-state index contributed by atoms with van der Waals surface area (Å²) in [6.07, 6.45) is 1.12. The smallest absolute Gasteiger partial charge is 0.222 e. The Labute approximate surface area is 137 Å². The van der Waals surface area contributed by atoms with Crippen LogP contribution in [0.1, 0.15) is 18.9 Å². The number of piperazine rings is 1.